The van der Waals surface area contributed by atoms with Crippen molar-refractivity contribution in [1.29, 1.82) is 0 Å². The van der Waals surface area contributed by atoms with Gasteiger partial charge in [-0.15, -0.1) is 0 Å². The Balaban J connectivity index is -0.000000392. The monoisotopic (exact) mass is 384 g/mol. The molecule has 0 saturated carbocycles. The first-order valence-corrected chi connectivity index (χ1v) is 4.08. The van der Waals surface area contributed by atoms with Gasteiger partial charge in [0.2, 0.25) is 0 Å². The summed E-state index contributed by atoms with van der Waals surface area (Å²) in [5, 5.41) is 42.7. The normalized spacial score (nSPS) is 9.22. The van der Waals surface area contributed by atoms with Crippen LogP contribution in [-0.4, -0.2) is 49.9 Å². The predicted octanol–water partition coefficient (Wildman–Crippen LogP) is -5.49. The molecule has 0 aliphatic carbocycles. The van der Waals surface area contributed by atoms with Crippen LogP contribution in [0.15, 0.2) is 0 Å². The zero-order chi connectivity index (χ0) is 14.2. The minimum Gasteiger partial charge on any atom is -0.550 e. The second-order valence-electron chi connectivity index (χ2n) is 2.97. The smallest absolute Gasteiger partial charge is 0.550 e. The van der Waals surface area contributed by atoms with E-state index in [2.05, 4.69) is 0 Å². The molecule has 0 aromatic heterocycles. The number of carboxylic acids is 4. The molecule has 0 unspecified atom stereocenters. The van der Waals surface area contributed by atoms with Gasteiger partial charge in [-0.3, -0.25) is 9.59 Å². The Morgan fingerprint density at radius 3 is 1.33 bits per heavy atom. The first kappa shape index (κ1) is 23.0. The van der Waals surface area contributed by atoms with Gasteiger partial charge >= 0.3 is 86.8 Å². The Morgan fingerprint density at radius 1 is 1.00 bits per heavy atom. The van der Waals surface area contributed by atoms with Crippen molar-refractivity contribution >= 4 is 23.9 Å². The van der Waals surface area contributed by atoms with E-state index in [9.17, 15) is 14.4 Å². The molecule has 98 valence electrons. The third kappa shape index (κ3) is 14.0. The van der Waals surface area contributed by atoms with Crippen LogP contribution >= 0.6 is 0 Å². The van der Waals surface area contributed by atoms with Crippen LogP contribution in [0.1, 0.15) is 19.8 Å². The maximum Gasteiger partial charge on any atom is 1.00 e. The van der Waals surface area contributed by atoms with Gasteiger partial charge in [-0.25, -0.2) is 4.79 Å². The molecular weight excluding hydrogens is 373 g/mol. The Labute approximate surface area is 160 Å². The van der Waals surface area contributed by atoms with Crippen LogP contribution in [-0.2, 0) is 19.2 Å². The number of carbonyl (C=O) groups is 4. The fourth-order valence-corrected chi connectivity index (χ4v) is 0.714. The zero-order valence-electron chi connectivity index (χ0n) is 9.74. The molecule has 0 spiro atoms. The summed E-state index contributed by atoms with van der Waals surface area (Å²) in [7, 11) is 0. The van der Waals surface area contributed by atoms with Gasteiger partial charge in [-0.1, -0.05) is 0 Å². The quantitative estimate of drug-likeness (QED) is 0.361. The molecule has 0 amide bonds. The maximum atomic E-state index is 10.3. The van der Waals surface area contributed by atoms with Crippen LogP contribution in [0.3, 0.4) is 0 Å². The van der Waals surface area contributed by atoms with Gasteiger partial charge in [0, 0.05) is 5.97 Å². The molecule has 0 radical (unpaired) electrons. The molecule has 0 heterocycles. The number of aliphatic hydroxyl groups is 1. The molecular formula is C8H11CsO9. The SMILES string of the molecule is CC(=O)[O-].O=C(O)CC(O)(CC(=O)O)C(=O)O.[Cs+]. The minimum absolute atomic E-state index is 0. The van der Waals surface area contributed by atoms with Crippen molar-refractivity contribution in [2.75, 3.05) is 0 Å². The molecule has 0 fully saturated rings. The van der Waals surface area contributed by atoms with Crippen molar-refractivity contribution in [2.45, 2.75) is 25.4 Å². The minimum atomic E-state index is -2.74. The van der Waals surface area contributed by atoms with Crippen LogP contribution in [0, 0.1) is 0 Å². The van der Waals surface area contributed by atoms with E-state index < -0.39 is 42.3 Å². The molecule has 0 aliphatic rings. The average Bonchev–Trinajstić information content (AvgIpc) is 1.98. The Bertz CT molecular complexity index is 305. The third-order valence-electron chi connectivity index (χ3n) is 1.29. The number of hydrogen-bond donors (Lipinski definition) is 4. The van der Waals surface area contributed by atoms with Gasteiger partial charge in [-0.2, -0.15) is 0 Å². The molecule has 18 heavy (non-hydrogen) atoms. The number of hydrogen-bond acceptors (Lipinski definition) is 6. The van der Waals surface area contributed by atoms with Crippen molar-refractivity contribution in [3.63, 3.8) is 0 Å². The summed E-state index contributed by atoms with van der Waals surface area (Å²) < 4.78 is 0. The van der Waals surface area contributed by atoms with Crippen LogP contribution in [0.25, 0.3) is 0 Å². The van der Waals surface area contributed by atoms with E-state index in [0.29, 0.717) is 0 Å². The molecule has 0 aliphatic heterocycles. The van der Waals surface area contributed by atoms with E-state index in [-0.39, 0.29) is 68.9 Å². The summed E-state index contributed by atoms with van der Waals surface area (Å²) in [4.78, 5) is 39.4. The molecule has 0 bridgehead atoms. The fourth-order valence-electron chi connectivity index (χ4n) is 0.714. The summed E-state index contributed by atoms with van der Waals surface area (Å²) in [5.41, 5.74) is -2.74. The topological polar surface area (TPSA) is 172 Å². The molecule has 0 rings (SSSR count). The molecule has 0 aromatic rings. The van der Waals surface area contributed by atoms with Gasteiger partial charge in [0.1, 0.15) is 0 Å². The van der Waals surface area contributed by atoms with Gasteiger partial charge in [0.25, 0.3) is 0 Å². The van der Waals surface area contributed by atoms with E-state index in [0.717, 1.165) is 6.92 Å². The Morgan fingerprint density at radius 2 is 1.22 bits per heavy atom. The summed E-state index contributed by atoms with van der Waals surface area (Å²) in [5.74, 6) is -6.10. The molecule has 0 atom stereocenters. The van der Waals surface area contributed by atoms with E-state index in [4.69, 9.17) is 30.3 Å². The van der Waals surface area contributed by atoms with E-state index in [1.54, 1.807) is 0 Å². The molecule has 0 saturated heterocycles. The summed E-state index contributed by atoms with van der Waals surface area (Å²) in [6, 6.07) is 0. The third-order valence-corrected chi connectivity index (χ3v) is 1.29. The van der Waals surface area contributed by atoms with E-state index in [1.165, 1.54) is 0 Å². The van der Waals surface area contributed by atoms with Crippen molar-refractivity contribution in [3.05, 3.63) is 0 Å². The molecule has 0 aromatic carbocycles. The largest absolute Gasteiger partial charge is 1.00 e. The van der Waals surface area contributed by atoms with Crippen LogP contribution in [0.2, 0.25) is 0 Å². The first-order chi connectivity index (χ1) is 7.51. The first-order valence-electron chi connectivity index (χ1n) is 4.08. The number of carbonyl (C=O) groups excluding carboxylic acids is 1. The second kappa shape index (κ2) is 10.8. The molecule has 4 N–H and O–H groups in total. The molecule has 10 heteroatoms. The van der Waals surface area contributed by atoms with Gasteiger partial charge in [-0.05, 0) is 6.92 Å². The summed E-state index contributed by atoms with van der Waals surface area (Å²) in [6.07, 6.45) is -2.29. The Hall–Kier alpha value is -0.108. The van der Waals surface area contributed by atoms with Crippen LogP contribution < -0.4 is 74.0 Å². The van der Waals surface area contributed by atoms with Crippen LogP contribution in [0.5, 0.6) is 0 Å². The standard InChI is InChI=1S/C6H8O7.C2H4O2.Cs/c7-3(8)1-6(13,5(11)12)2-4(9)10;1-2(3)4;/h13H,1-2H2,(H,7,8)(H,9,10)(H,11,12);1H3,(H,3,4);/q;;+1/p-1. The Kier molecular flexibility index (Phi) is 13.8. The number of carboxylic acid groups (broad SMARTS) is 4. The molecule has 9 nitrogen and oxygen atoms in total. The second-order valence-corrected chi connectivity index (χ2v) is 2.97. The van der Waals surface area contributed by atoms with Crippen molar-refractivity contribution in [1.82, 2.24) is 0 Å². The van der Waals surface area contributed by atoms with Crippen molar-refractivity contribution in [3.8, 4) is 0 Å². The predicted molar refractivity (Wildman–Crippen MR) is 47.8 cm³/mol. The van der Waals surface area contributed by atoms with Crippen molar-refractivity contribution in [2.24, 2.45) is 0 Å². The van der Waals surface area contributed by atoms with Gasteiger partial charge < -0.3 is 30.3 Å². The van der Waals surface area contributed by atoms with E-state index in [1.807, 2.05) is 0 Å². The maximum absolute atomic E-state index is 10.3. The zero-order valence-corrected chi connectivity index (χ0v) is 16.0. The van der Waals surface area contributed by atoms with Crippen LogP contribution in [0.4, 0.5) is 0 Å². The van der Waals surface area contributed by atoms with Crippen molar-refractivity contribution < 1.29 is 114 Å². The van der Waals surface area contributed by atoms with E-state index >= 15 is 0 Å². The summed E-state index contributed by atoms with van der Waals surface area (Å²) in [6.45, 7) is 0.972. The average molecular weight is 384 g/mol. The number of rotatable bonds is 5. The van der Waals surface area contributed by atoms with Gasteiger partial charge in [0.05, 0.1) is 12.8 Å². The number of aliphatic carboxylic acids is 4. The fraction of sp³-hybridized carbons (Fsp3) is 0.500. The summed E-state index contributed by atoms with van der Waals surface area (Å²) >= 11 is 0. The van der Waals surface area contributed by atoms with Gasteiger partial charge in [0.15, 0.2) is 5.60 Å².